The van der Waals surface area contributed by atoms with E-state index in [-0.39, 0.29) is 11.3 Å². The lowest BCUT2D eigenvalue weighted by Crippen LogP contribution is -2.53. The minimum Gasteiger partial charge on any atom is -0.490 e. The summed E-state index contributed by atoms with van der Waals surface area (Å²) in [6.45, 7) is 3.04. The molecule has 0 atom stereocenters. The number of carbonyl (C=O) groups excluding carboxylic acids is 1. The Bertz CT molecular complexity index is 874. The fraction of sp³-hybridized carbons (Fsp3) is 0.520. The number of aromatic nitrogens is 1. The average Bonchev–Trinajstić information content (AvgIpc) is 2.73. The lowest BCUT2D eigenvalue weighted by Gasteiger charge is -2.55. The molecule has 0 spiro atoms. The average molecular weight is 407 g/mol. The van der Waals surface area contributed by atoms with Crippen LogP contribution < -0.4 is 14.8 Å². The van der Waals surface area contributed by atoms with Crippen molar-refractivity contribution in [2.75, 3.05) is 6.61 Å². The number of para-hydroxylation sites is 2. The Morgan fingerprint density at radius 2 is 1.70 bits per heavy atom. The van der Waals surface area contributed by atoms with Crippen molar-refractivity contribution in [2.45, 2.75) is 52.0 Å². The van der Waals surface area contributed by atoms with E-state index in [1.165, 1.54) is 19.3 Å². The molecule has 0 unspecified atom stereocenters. The molecule has 1 aromatic heterocycles. The zero-order chi connectivity index (χ0) is 20.6. The Labute approximate surface area is 178 Å². The number of ether oxygens (including phenoxy) is 2. The summed E-state index contributed by atoms with van der Waals surface area (Å²) in [5, 5.41) is 3.21. The van der Waals surface area contributed by atoms with Crippen molar-refractivity contribution < 1.29 is 14.3 Å². The fourth-order valence-corrected chi connectivity index (χ4v) is 6.26. The summed E-state index contributed by atoms with van der Waals surface area (Å²) >= 11 is 0. The second-order valence-electron chi connectivity index (χ2n) is 9.37. The highest BCUT2D eigenvalue weighted by Crippen LogP contribution is 2.60. The van der Waals surface area contributed by atoms with Crippen LogP contribution in [0.2, 0.25) is 0 Å². The van der Waals surface area contributed by atoms with Crippen LogP contribution in [-0.2, 0) is 11.3 Å². The van der Waals surface area contributed by atoms with Crippen LogP contribution in [0.5, 0.6) is 17.4 Å². The Hall–Kier alpha value is -2.56. The molecule has 1 N–H and O–H groups in total. The van der Waals surface area contributed by atoms with Gasteiger partial charge in [-0.1, -0.05) is 18.2 Å². The molecule has 0 radical (unpaired) electrons. The normalized spacial score (nSPS) is 28.9. The maximum absolute atomic E-state index is 13.1. The number of pyridine rings is 1. The van der Waals surface area contributed by atoms with Crippen molar-refractivity contribution in [2.24, 2.45) is 23.2 Å². The SMILES string of the molecule is CCOc1ccccc1Oc1ccc(CNC(=O)C23CC4CC(CC(C4)C2)C3)cn1. The van der Waals surface area contributed by atoms with Gasteiger partial charge in [0.1, 0.15) is 0 Å². The van der Waals surface area contributed by atoms with Crippen molar-refractivity contribution in [3.05, 3.63) is 48.2 Å². The van der Waals surface area contributed by atoms with Crippen molar-refractivity contribution in [1.29, 1.82) is 0 Å². The molecule has 4 bridgehead atoms. The van der Waals surface area contributed by atoms with Gasteiger partial charge in [0.15, 0.2) is 11.5 Å². The summed E-state index contributed by atoms with van der Waals surface area (Å²) in [6, 6.07) is 11.4. The summed E-state index contributed by atoms with van der Waals surface area (Å²) in [7, 11) is 0. The summed E-state index contributed by atoms with van der Waals surface area (Å²) in [5.74, 6) is 4.45. The Morgan fingerprint density at radius 1 is 1.03 bits per heavy atom. The first-order chi connectivity index (χ1) is 14.6. The molecule has 4 saturated carbocycles. The van der Waals surface area contributed by atoms with Gasteiger partial charge in [-0.05, 0) is 80.9 Å². The molecule has 1 heterocycles. The van der Waals surface area contributed by atoms with Crippen molar-refractivity contribution in [3.63, 3.8) is 0 Å². The van der Waals surface area contributed by atoms with Gasteiger partial charge in [-0.25, -0.2) is 4.98 Å². The summed E-state index contributed by atoms with van der Waals surface area (Å²) in [6.07, 6.45) is 9.11. The Kier molecular flexibility index (Phi) is 5.13. The van der Waals surface area contributed by atoms with Gasteiger partial charge in [0.25, 0.3) is 0 Å². The number of hydrogen-bond acceptors (Lipinski definition) is 4. The third kappa shape index (κ3) is 3.78. The monoisotopic (exact) mass is 406 g/mol. The van der Waals surface area contributed by atoms with Crippen molar-refractivity contribution >= 4 is 5.91 Å². The van der Waals surface area contributed by atoms with Gasteiger partial charge in [-0.3, -0.25) is 4.79 Å². The summed E-state index contributed by atoms with van der Waals surface area (Å²) < 4.78 is 11.5. The smallest absolute Gasteiger partial charge is 0.226 e. The highest BCUT2D eigenvalue weighted by molar-refractivity contribution is 5.83. The van der Waals surface area contributed by atoms with E-state index >= 15 is 0 Å². The number of amides is 1. The molecule has 0 saturated heterocycles. The second kappa shape index (κ2) is 7.93. The van der Waals surface area contributed by atoms with Crippen LogP contribution in [0.15, 0.2) is 42.6 Å². The van der Waals surface area contributed by atoms with Gasteiger partial charge in [0, 0.05) is 24.2 Å². The molecule has 0 aliphatic heterocycles. The Morgan fingerprint density at radius 3 is 2.30 bits per heavy atom. The predicted octanol–water partition coefficient (Wildman–Crippen LogP) is 5.11. The molecule has 5 nitrogen and oxygen atoms in total. The number of benzene rings is 1. The van der Waals surface area contributed by atoms with E-state index in [0.29, 0.717) is 30.5 Å². The third-order valence-corrected chi connectivity index (χ3v) is 7.13. The molecule has 5 heteroatoms. The van der Waals surface area contributed by atoms with Gasteiger partial charge < -0.3 is 14.8 Å². The summed E-state index contributed by atoms with van der Waals surface area (Å²) in [5.41, 5.74) is 0.882. The van der Waals surface area contributed by atoms with Gasteiger partial charge in [0.2, 0.25) is 11.8 Å². The first-order valence-electron chi connectivity index (χ1n) is 11.3. The van der Waals surface area contributed by atoms with E-state index in [0.717, 1.165) is 42.6 Å². The molecule has 4 aliphatic rings. The first kappa shape index (κ1) is 19.4. The molecule has 1 amide bonds. The van der Waals surface area contributed by atoms with Crippen LogP contribution in [0.25, 0.3) is 0 Å². The quantitative estimate of drug-likeness (QED) is 0.694. The Balaban J connectivity index is 1.19. The zero-order valence-electron chi connectivity index (χ0n) is 17.6. The minimum atomic E-state index is -0.103. The van der Waals surface area contributed by atoms with Gasteiger partial charge in [-0.15, -0.1) is 0 Å². The first-order valence-corrected chi connectivity index (χ1v) is 11.3. The molecular weight excluding hydrogens is 376 g/mol. The zero-order valence-corrected chi connectivity index (χ0v) is 17.6. The molecular formula is C25H30N2O3. The highest BCUT2D eigenvalue weighted by Gasteiger charge is 2.54. The molecule has 4 aliphatic carbocycles. The standard InChI is InChI=1S/C25H30N2O3/c1-2-29-21-5-3-4-6-22(21)30-23-8-7-17(15-26-23)16-27-24(28)25-12-18-9-19(13-25)11-20(10-18)14-25/h3-8,15,18-20H,2,9-14,16H2,1H3,(H,27,28). The van der Waals surface area contributed by atoms with Gasteiger partial charge in [-0.2, -0.15) is 0 Å². The molecule has 6 rings (SSSR count). The molecule has 2 aromatic rings. The maximum Gasteiger partial charge on any atom is 0.226 e. The summed E-state index contributed by atoms with van der Waals surface area (Å²) in [4.78, 5) is 17.5. The topological polar surface area (TPSA) is 60.5 Å². The van der Waals surface area contributed by atoms with Crippen LogP contribution in [0, 0.1) is 23.2 Å². The number of nitrogens with zero attached hydrogens (tertiary/aromatic N) is 1. The lowest BCUT2D eigenvalue weighted by molar-refractivity contribution is -0.146. The van der Waals surface area contributed by atoms with Gasteiger partial charge in [0.05, 0.1) is 6.61 Å². The van der Waals surface area contributed by atoms with Crippen molar-refractivity contribution in [3.8, 4) is 17.4 Å². The van der Waals surface area contributed by atoms with Crippen LogP contribution in [0.1, 0.15) is 51.0 Å². The van der Waals surface area contributed by atoms with E-state index < -0.39 is 0 Å². The van der Waals surface area contributed by atoms with E-state index in [1.54, 1.807) is 6.20 Å². The number of nitrogens with one attached hydrogen (secondary N) is 1. The van der Waals surface area contributed by atoms with Crippen molar-refractivity contribution in [1.82, 2.24) is 10.3 Å². The van der Waals surface area contributed by atoms with E-state index in [9.17, 15) is 4.79 Å². The third-order valence-electron chi connectivity index (χ3n) is 7.13. The lowest BCUT2D eigenvalue weighted by atomic mass is 9.49. The number of rotatable bonds is 7. The molecule has 1 aromatic carbocycles. The minimum absolute atomic E-state index is 0.103. The van der Waals surface area contributed by atoms with Crippen LogP contribution in [-0.4, -0.2) is 17.5 Å². The van der Waals surface area contributed by atoms with Crippen LogP contribution in [0.3, 0.4) is 0 Å². The number of hydrogen-bond donors (Lipinski definition) is 1. The van der Waals surface area contributed by atoms with Crippen LogP contribution >= 0.6 is 0 Å². The number of carbonyl (C=O) groups is 1. The highest BCUT2D eigenvalue weighted by atomic mass is 16.5. The van der Waals surface area contributed by atoms with E-state index in [4.69, 9.17) is 9.47 Å². The predicted molar refractivity (Wildman–Crippen MR) is 114 cm³/mol. The largest absolute Gasteiger partial charge is 0.490 e. The van der Waals surface area contributed by atoms with E-state index in [1.807, 2.05) is 43.3 Å². The second-order valence-corrected chi connectivity index (χ2v) is 9.37. The maximum atomic E-state index is 13.1. The van der Waals surface area contributed by atoms with E-state index in [2.05, 4.69) is 10.3 Å². The molecule has 30 heavy (non-hydrogen) atoms. The molecule has 4 fully saturated rings. The molecule has 158 valence electrons. The fourth-order valence-electron chi connectivity index (χ4n) is 6.26. The van der Waals surface area contributed by atoms with Crippen LogP contribution in [0.4, 0.5) is 0 Å². The van der Waals surface area contributed by atoms with Gasteiger partial charge >= 0.3 is 0 Å².